The molecule has 2 aliphatic heterocycles. The van der Waals surface area contributed by atoms with Crippen molar-refractivity contribution in [3.63, 3.8) is 0 Å². The smallest absolute Gasteiger partial charge is 0.159 e. The van der Waals surface area contributed by atoms with Crippen molar-refractivity contribution in [1.82, 2.24) is 0 Å². The van der Waals surface area contributed by atoms with Gasteiger partial charge in [-0.3, -0.25) is 0 Å². The number of fused-ring (bicyclic) bond motifs is 1. The van der Waals surface area contributed by atoms with Crippen LogP contribution in [-0.2, 0) is 18.9 Å². The first kappa shape index (κ1) is 26.6. The van der Waals surface area contributed by atoms with Crippen molar-refractivity contribution in [3.8, 4) is 23.7 Å². The number of rotatable bonds is 7. The van der Waals surface area contributed by atoms with E-state index in [4.69, 9.17) is 18.9 Å². The fraction of sp³-hybridized carbons (Fsp3) is 0.793. The van der Waals surface area contributed by atoms with Crippen molar-refractivity contribution in [1.29, 1.82) is 0 Å². The maximum atomic E-state index is 14.2. The Kier molecular flexibility index (Phi) is 10.1. The summed E-state index contributed by atoms with van der Waals surface area (Å²) >= 11 is 0. The van der Waals surface area contributed by atoms with E-state index in [1.54, 1.807) is 0 Å². The van der Waals surface area contributed by atoms with Gasteiger partial charge in [0.15, 0.2) is 12.6 Å². The number of allylic oxidation sites excluding steroid dienone is 1. The molecule has 0 amide bonds. The monoisotopic (exact) mass is 488 g/mol. The van der Waals surface area contributed by atoms with Crippen molar-refractivity contribution in [2.24, 2.45) is 23.7 Å². The number of hydrogen-bond acceptors (Lipinski definition) is 5. The molecule has 5 nitrogen and oxygen atoms in total. The molecule has 2 saturated carbocycles. The second kappa shape index (κ2) is 13.2. The third-order valence-electron chi connectivity index (χ3n) is 7.93. The number of hydrogen-bond donors (Lipinski definition) is 1. The van der Waals surface area contributed by atoms with Gasteiger partial charge in [-0.05, 0) is 82.1 Å². The quantitative estimate of drug-likeness (QED) is 0.504. The molecule has 1 N–H and O–H groups in total. The lowest BCUT2D eigenvalue weighted by molar-refractivity contribution is -0.192. The molecular formula is C29H41FO5. The first-order chi connectivity index (χ1) is 17.1. The minimum atomic E-state index is -0.520. The topological polar surface area (TPSA) is 57.2 Å². The molecule has 0 aromatic rings. The predicted molar refractivity (Wildman–Crippen MR) is 131 cm³/mol. The molecule has 2 unspecified atom stereocenters. The van der Waals surface area contributed by atoms with Gasteiger partial charge >= 0.3 is 0 Å². The number of aliphatic hydroxyl groups is 1. The molecule has 2 aliphatic carbocycles. The highest BCUT2D eigenvalue weighted by Gasteiger charge is 2.48. The van der Waals surface area contributed by atoms with Crippen molar-refractivity contribution in [2.45, 2.75) is 103 Å². The molecule has 2 heterocycles. The largest absolute Gasteiger partial charge is 0.389 e. The van der Waals surface area contributed by atoms with E-state index >= 15 is 0 Å². The number of aliphatic hydroxyl groups excluding tert-OH is 1. The van der Waals surface area contributed by atoms with Gasteiger partial charge in [-0.1, -0.05) is 18.8 Å². The summed E-state index contributed by atoms with van der Waals surface area (Å²) in [7, 11) is 0. The van der Waals surface area contributed by atoms with Crippen molar-refractivity contribution in [2.75, 3.05) is 19.8 Å². The molecule has 2 saturated heterocycles. The molecule has 35 heavy (non-hydrogen) atoms. The normalized spacial score (nSPS) is 35.8. The summed E-state index contributed by atoms with van der Waals surface area (Å²) in [5.41, 5.74) is 0.747. The Bertz CT molecular complexity index is 837. The van der Waals surface area contributed by atoms with Crippen LogP contribution in [0.25, 0.3) is 0 Å². The van der Waals surface area contributed by atoms with E-state index in [-0.39, 0.29) is 48.4 Å². The second-order valence-corrected chi connectivity index (χ2v) is 10.5. The maximum absolute atomic E-state index is 14.2. The first-order valence-electron chi connectivity index (χ1n) is 13.5. The molecule has 4 rings (SSSR count). The van der Waals surface area contributed by atoms with Gasteiger partial charge in [-0.25, -0.2) is 4.39 Å². The molecule has 194 valence electrons. The number of ether oxygens (including phenoxy) is 4. The summed E-state index contributed by atoms with van der Waals surface area (Å²) in [6.45, 7) is 4.92. The van der Waals surface area contributed by atoms with Crippen LogP contribution >= 0.6 is 0 Å². The van der Waals surface area contributed by atoms with Crippen LogP contribution in [0.4, 0.5) is 4.39 Å². The standard InChI is InChI=1S/C29H41FO5/c1-3-4-9-20(2)26(34-28-10-5-7-14-32-28)13-12-23-24-17-22(25(30)19-31)16-21(24)18-27(23)35-29-11-6-8-15-33-29/h20-21,23-24,26-29,31H,5-11,14-19H2,1-2H3/t20-,21-,23+,24-,26+,27+,28?,29?/m0/s1. The first-order valence-corrected chi connectivity index (χ1v) is 13.5. The van der Waals surface area contributed by atoms with Gasteiger partial charge in [0.05, 0.1) is 18.6 Å². The van der Waals surface area contributed by atoms with E-state index in [2.05, 4.69) is 30.6 Å². The molecule has 0 aromatic carbocycles. The van der Waals surface area contributed by atoms with E-state index in [1.807, 2.05) is 6.92 Å². The minimum Gasteiger partial charge on any atom is -0.389 e. The molecule has 4 fully saturated rings. The summed E-state index contributed by atoms with van der Waals surface area (Å²) in [4.78, 5) is 0. The molecule has 0 aromatic heterocycles. The summed E-state index contributed by atoms with van der Waals surface area (Å²) in [5.74, 6) is 13.4. The van der Waals surface area contributed by atoms with E-state index in [0.29, 0.717) is 25.2 Å². The maximum Gasteiger partial charge on any atom is 0.159 e. The van der Waals surface area contributed by atoms with Crippen LogP contribution in [0.2, 0.25) is 0 Å². The van der Waals surface area contributed by atoms with Crippen molar-refractivity contribution < 1.29 is 28.4 Å². The fourth-order valence-electron chi connectivity index (χ4n) is 5.93. The Morgan fingerprint density at radius 1 is 1.11 bits per heavy atom. The Morgan fingerprint density at radius 3 is 2.51 bits per heavy atom. The Hall–Kier alpha value is -1.41. The van der Waals surface area contributed by atoms with Gasteiger partial charge in [0.25, 0.3) is 0 Å². The summed E-state index contributed by atoms with van der Waals surface area (Å²) < 4.78 is 38.8. The van der Waals surface area contributed by atoms with Crippen LogP contribution in [0, 0.1) is 47.4 Å². The zero-order chi connectivity index (χ0) is 24.6. The summed E-state index contributed by atoms with van der Waals surface area (Å²) in [6, 6.07) is 0. The van der Waals surface area contributed by atoms with Gasteiger partial charge in [-0.15, -0.1) is 11.8 Å². The molecule has 0 bridgehead atoms. The lowest BCUT2D eigenvalue weighted by atomic mass is 9.90. The third kappa shape index (κ3) is 7.09. The Balaban J connectivity index is 1.53. The van der Waals surface area contributed by atoms with Crippen LogP contribution in [0.15, 0.2) is 11.4 Å². The van der Waals surface area contributed by atoms with Crippen LogP contribution in [-0.4, -0.2) is 49.7 Å². The zero-order valence-corrected chi connectivity index (χ0v) is 21.3. The average Bonchev–Trinajstić information content (AvgIpc) is 3.44. The van der Waals surface area contributed by atoms with E-state index < -0.39 is 6.61 Å². The molecule has 0 radical (unpaired) electrons. The Labute approximate surface area is 210 Å². The van der Waals surface area contributed by atoms with Crippen LogP contribution in [0.5, 0.6) is 0 Å². The van der Waals surface area contributed by atoms with Crippen molar-refractivity contribution >= 4 is 0 Å². The van der Waals surface area contributed by atoms with Gasteiger partial charge in [-0.2, -0.15) is 0 Å². The molecule has 4 aliphatic rings. The van der Waals surface area contributed by atoms with Gasteiger partial charge in [0.2, 0.25) is 0 Å². The minimum absolute atomic E-state index is 0.0163. The lowest BCUT2D eigenvalue weighted by Crippen LogP contribution is -2.32. The highest BCUT2D eigenvalue weighted by atomic mass is 19.1. The molecule has 6 heteroatoms. The molecule has 8 atom stereocenters. The Morgan fingerprint density at radius 2 is 1.86 bits per heavy atom. The van der Waals surface area contributed by atoms with E-state index in [9.17, 15) is 9.50 Å². The molecule has 0 spiro atoms. The lowest BCUT2D eigenvalue weighted by Gasteiger charge is -2.29. The summed E-state index contributed by atoms with van der Waals surface area (Å²) in [5, 5.41) is 9.31. The van der Waals surface area contributed by atoms with E-state index in [0.717, 1.165) is 63.7 Å². The highest BCUT2D eigenvalue weighted by Crippen LogP contribution is 2.52. The average molecular weight is 489 g/mol. The van der Waals surface area contributed by atoms with Crippen LogP contribution in [0.3, 0.4) is 0 Å². The van der Waals surface area contributed by atoms with Gasteiger partial charge < -0.3 is 24.1 Å². The van der Waals surface area contributed by atoms with E-state index in [1.165, 1.54) is 0 Å². The fourth-order valence-corrected chi connectivity index (χ4v) is 5.93. The third-order valence-corrected chi connectivity index (χ3v) is 7.93. The summed E-state index contributed by atoms with van der Waals surface area (Å²) in [6.07, 6.45) is 8.32. The zero-order valence-electron chi connectivity index (χ0n) is 21.3. The predicted octanol–water partition coefficient (Wildman–Crippen LogP) is 5.12. The second-order valence-electron chi connectivity index (χ2n) is 10.5. The van der Waals surface area contributed by atoms with Gasteiger partial charge in [0.1, 0.15) is 11.9 Å². The van der Waals surface area contributed by atoms with Crippen LogP contribution in [0.1, 0.15) is 78.1 Å². The number of halogens is 1. The van der Waals surface area contributed by atoms with Gasteiger partial charge in [0, 0.05) is 25.6 Å². The molecular weight excluding hydrogens is 447 g/mol. The van der Waals surface area contributed by atoms with Crippen molar-refractivity contribution in [3.05, 3.63) is 11.4 Å². The SMILES string of the molecule is CC#CC[C@H](C)[C@@H](C#C[C@@H]1[C@H]2CC(=C(F)CO)C[C@H]2C[C@H]1OC1CCCCO1)OC1CCCCO1. The van der Waals surface area contributed by atoms with Crippen LogP contribution < -0.4 is 0 Å². The highest BCUT2D eigenvalue weighted by molar-refractivity contribution is 5.24.